The molecular weight excluding hydrogens is 199 g/mol. The van der Waals surface area contributed by atoms with Crippen molar-refractivity contribution in [3.8, 4) is 0 Å². The standard InChI is InChI=1S/C11H11FO3/c1-2-15-11(14)10(13)7-8-4-3-5-9(12)6-8/h3-7,13H,2H2,1H3. The number of hydrogen-bond acceptors (Lipinski definition) is 3. The maximum atomic E-state index is 12.7. The zero-order valence-electron chi connectivity index (χ0n) is 8.24. The number of halogens is 1. The van der Waals surface area contributed by atoms with Crippen LogP contribution in [0.5, 0.6) is 0 Å². The molecule has 80 valence electrons. The number of aliphatic hydroxyl groups excluding tert-OH is 1. The molecule has 0 atom stereocenters. The van der Waals surface area contributed by atoms with Gasteiger partial charge in [-0.25, -0.2) is 9.18 Å². The Morgan fingerprint density at radius 3 is 2.93 bits per heavy atom. The fourth-order valence-electron chi connectivity index (χ4n) is 1.02. The molecule has 0 bridgehead atoms. The van der Waals surface area contributed by atoms with Crippen molar-refractivity contribution in [1.29, 1.82) is 0 Å². The molecule has 3 nitrogen and oxygen atoms in total. The fourth-order valence-corrected chi connectivity index (χ4v) is 1.02. The minimum Gasteiger partial charge on any atom is -0.502 e. The first-order chi connectivity index (χ1) is 7.13. The molecule has 0 saturated carbocycles. The lowest BCUT2D eigenvalue weighted by Crippen LogP contribution is -2.06. The molecule has 15 heavy (non-hydrogen) atoms. The summed E-state index contributed by atoms with van der Waals surface area (Å²) >= 11 is 0. The number of hydrogen-bond donors (Lipinski definition) is 1. The first kappa shape index (κ1) is 11.2. The van der Waals surface area contributed by atoms with E-state index in [1.165, 1.54) is 18.2 Å². The van der Waals surface area contributed by atoms with Crippen LogP contribution >= 0.6 is 0 Å². The van der Waals surface area contributed by atoms with Crippen LogP contribution in [0, 0.1) is 5.82 Å². The topological polar surface area (TPSA) is 46.5 Å². The maximum Gasteiger partial charge on any atom is 0.373 e. The highest BCUT2D eigenvalue weighted by Gasteiger charge is 2.07. The minimum absolute atomic E-state index is 0.180. The van der Waals surface area contributed by atoms with Crippen molar-refractivity contribution in [2.75, 3.05) is 6.61 Å². The van der Waals surface area contributed by atoms with Gasteiger partial charge in [0.1, 0.15) is 5.82 Å². The van der Waals surface area contributed by atoms with E-state index >= 15 is 0 Å². The van der Waals surface area contributed by atoms with Crippen molar-refractivity contribution >= 4 is 12.0 Å². The Hall–Kier alpha value is -1.84. The molecular formula is C11H11FO3. The summed E-state index contributed by atoms with van der Waals surface area (Å²) in [6.07, 6.45) is 1.15. The summed E-state index contributed by atoms with van der Waals surface area (Å²) in [5.74, 6) is -1.79. The summed E-state index contributed by atoms with van der Waals surface area (Å²) in [6, 6.07) is 5.53. The Labute approximate surface area is 86.8 Å². The van der Waals surface area contributed by atoms with E-state index in [2.05, 4.69) is 4.74 Å². The van der Waals surface area contributed by atoms with Crippen molar-refractivity contribution < 1.29 is 19.0 Å². The van der Waals surface area contributed by atoms with Gasteiger partial charge in [-0.05, 0) is 30.7 Å². The number of esters is 1. The number of ether oxygens (including phenoxy) is 1. The molecule has 1 rings (SSSR count). The number of carbonyl (C=O) groups is 1. The number of benzene rings is 1. The van der Waals surface area contributed by atoms with E-state index in [1.54, 1.807) is 13.0 Å². The molecule has 0 amide bonds. The molecule has 0 aliphatic heterocycles. The first-order valence-electron chi connectivity index (χ1n) is 4.47. The zero-order chi connectivity index (χ0) is 11.3. The molecule has 0 aliphatic rings. The highest BCUT2D eigenvalue weighted by atomic mass is 19.1. The van der Waals surface area contributed by atoms with Gasteiger partial charge in [0.15, 0.2) is 0 Å². The quantitative estimate of drug-likeness (QED) is 0.473. The average Bonchev–Trinajstić information content (AvgIpc) is 2.18. The third-order valence-electron chi connectivity index (χ3n) is 1.64. The van der Waals surface area contributed by atoms with Crippen LogP contribution in [0.25, 0.3) is 6.08 Å². The lowest BCUT2D eigenvalue weighted by Gasteiger charge is -2.00. The molecule has 0 saturated heterocycles. The molecule has 0 unspecified atom stereocenters. The van der Waals surface area contributed by atoms with Crippen LogP contribution in [0.3, 0.4) is 0 Å². The molecule has 0 aromatic heterocycles. The van der Waals surface area contributed by atoms with Gasteiger partial charge < -0.3 is 9.84 Å². The summed E-state index contributed by atoms with van der Waals surface area (Å²) in [5, 5.41) is 9.26. The Balaban J connectivity index is 2.82. The number of aliphatic hydroxyl groups is 1. The monoisotopic (exact) mass is 210 g/mol. The Morgan fingerprint density at radius 1 is 1.60 bits per heavy atom. The highest BCUT2D eigenvalue weighted by Crippen LogP contribution is 2.08. The van der Waals surface area contributed by atoms with E-state index in [9.17, 15) is 14.3 Å². The van der Waals surface area contributed by atoms with Crippen molar-refractivity contribution in [3.05, 3.63) is 41.4 Å². The molecule has 0 heterocycles. The van der Waals surface area contributed by atoms with Gasteiger partial charge in [-0.2, -0.15) is 0 Å². The normalized spacial score (nSPS) is 11.2. The molecule has 1 N–H and O–H groups in total. The van der Waals surface area contributed by atoms with Crippen LogP contribution in [0.4, 0.5) is 4.39 Å². The summed E-state index contributed by atoms with van der Waals surface area (Å²) in [5.41, 5.74) is 0.403. The van der Waals surface area contributed by atoms with Gasteiger partial charge in [-0.15, -0.1) is 0 Å². The molecule has 0 fully saturated rings. The van der Waals surface area contributed by atoms with E-state index in [0.29, 0.717) is 5.56 Å². The molecule has 0 aliphatic carbocycles. The van der Waals surface area contributed by atoms with E-state index in [1.807, 2.05) is 0 Å². The Kier molecular flexibility index (Phi) is 3.85. The van der Waals surface area contributed by atoms with Crippen LogP contribution in [-0.2, 0) is 9.53 Å². The molecule has 0 spiro atoms. The summed E-state index contributed by atoms with van der Waals surface area (Å²) in [7, 11) is 0. The van der Waals surface area contributed by atoms with E-state index in [-0.39, 0.29) is 6.61 Å². The van der Waals surface area contributed by atoms with Gasteiger partial charge in [0, 0.05) is 0 Å². The maximum absolute atomic E-state index is 12.7. The van der Waals surface area contributed by atoms with Gasteiger partial charge in [0.25, 0.3) is 0 Å². The van der Waals surface area contributed by atoms with Crippen LogP contribution in [0.2, 0.25) is 0 Å². The average molecular weight is 210 g/mol. The zero-order valence-corrected chi connectivity index (χ0v) is 8.24. The lowest BCUT2D eigenvalue weighted by atomic mass is 10.2. The van der Waals surface area contributed by atoms with E-state index < -0.39 is 17.5 Å². The second-order valence-electron chi connectivity index (χ2n) is 2.81. The Bertz CT molecular complexity index is 385. The van der Waals surface area contributed by atoms with Crippen LogP contribution in [0.1, 0.15) is 12.5 Å². The fraction of sp³-hybridized carbons (Fsp3) is 0.182. The number of carbonyl (C=O) groups excluding carboxylic acids is 1. The second-order valence-corrected chi connectivity index (χ2v) is 2.81. The number of rotatable bonds is 3. The van der Waals surface area contributed by atoms with E-state index in [0.717, 1.165) is 6.08 Å². The SMILES string of the molecule is CCOC(=O)C(O)=Cc1cccc(F)c1. The largest absolute Gasteiger partial charge is 0.502 e. The third kappa shape index (κ3) is 3.42. The molecule has 0 radical (unpaired) electrons. The predicted octanol–water partition coefficient (Wildman–Crippen LogP) is 2.29. The molecule has 4 heteroatoms. The highest BCUT2D eigenvalue weighted by molar-refractivity contribution is 5.90. The Morgan fingerprint density at radius 2 is 2.33 bits per heavy atom. The van der Waals surface area contributed by atoms with Crippen molar-refractivity contribution in [2.45, 2.75) is 6.92 Å². The molecule has 1 aromatic rings. The van der Waals surface area contributed by atoms with Gasteiger partial charge in [0.05, 0.1) is 6.61 Å². The van der Waals surface area contributed by atoms with Gasteiger partial charge in [-0.1, -0.05) is 12.1 Å². The van der Waals surface area contributed by atoms with Gasteiger partial charge in [0.2, 0.25) is 5.76 Å². The summed E-state index contributed by atoms with van der Waals surface area (Å²) < 4.78 is 17.3. The van der Waals surface area contributed by atoms with Gasteiger partial charge in [-0.3, -0.25) is 0 Å². The van der Waals surface area contributed by atoms with Crippen LogP contribution in [-0.4, -0.2) is 17.7 Å². The van der Waals surface area contributed by atoms with Crippen molar-refractivity contribution in [3.63, 3.8) is 0 Å². The van der Waals surface area contributed by atoms with Crippen molar-refractivity contribution in [2.24, 2.45) is 0 Å². The van der Waals surface area contributed by atoms with Crippen LogP contribution < -0.4 is 0 Å². The first-order valence-corrected chi connectivity index (χ1v) is 4.47. The van der Waals surface area contributed by atoms with E-state index in [4.69, 9.17) is 0 Å². The van der Waals surface area contributed by atoms with Gasteiger partial charge >= 0.3 is 5.97 Å². The summed E-state index contributed by atoms with van der Waals surface area (Å²) in [6.45, 7) is 1.81. The minimum atomic E-state index is -0.818. The predicted molar refractivity (Wildman–Crippen MR) is 53.6 cm³/mol. The summed E-state index contributed by atoms with van der Waals surface area (Å²) in [4.78, 5) is 11.0. The smallest absolute Gasteiger partial charge is 0.373 e. The third-order valence-corrected chi connectivity index (χ3v) is 1.64. The second kappa shape index (κ2) is 5.14. The van der Waals surface area contributed by atoms with Crippen LogP contribution in [0.15, 0.2) is 30.0 Å². The molecule has 1 aromatic carbocycles. The van der Waals surface area contributed by atoms with Crippen molar-refractivity contribution in [1.82, 2.24) is 0 Å². The lowest BCUT2D eigenvalue weighted by molar-refractivity contribution is -0.141.